The van der Waals surface area contributed by atoms with E-state index in [1.165, 1.54) is 65.9 Å². The van der Waals surface area contributed by atoms with Gasteiger partial charge in [-0.25, -0.2) is 9.97 Å². The number of aromatic nitrogens is 2. The normalized spacial score (nSPS) is 12.7. The summed E-state index contributed by atoms with van der Waals surface area (Å²) < 4.78 is 0. The van der Waals surface area contributed by atoms with Gasteiger partial charge in [-0.1, -0.05) is 77.9 Å². The summed E-state index contributed by atoms with van der Waals surface area (Å²) in [5.74, 6) is 1.97. The van der Waals surface area contributed by atoms with Crippen molar-refractivity contribution < 1.29 is 0 Å². The molecule has 0 N–H and O–H groups in total. The Bertz CT molecular complexity index is 1910. The maximum Gasteiger partial charge on any atom is 0.133 e. The summed E-state index contributed by atoms with van der Waals surface area (Å²) in [6.45, 7) is 27.3. The van der Waals surface area contributed by atoms with Crippen LogP contribution >= 0.6 is 0 Å². The predicted octanol–water partition coefficient (Wildman–Crippen LogP) is 12.3. The van der Waals surface area contributed by atoms with Gasteiger partial charge in [-0.05, 0) is 133 Å². The van der Waals surface area contributed by atoms with Gasteiger partial charge in [-0.15, -0.1) is 0 Å². The molecule has 4 nitrogen and oxygen atoms in total. The van der Waals surface area contributed by atoms with Crippen molar-refractivity contribution >= 4 is 55.3 Å². The zero-order valence-corrected chi connectivity index (χ0v) is 31.3. The van der Waals surface area contributed by atoms with Crippen LogP contribution in [0.4, 0.5) is 23.0 Å². The third-order valence-electron chi connectivity index (χ3n) is 9.40. The van der Waals surface area contributed by atoms with Crippen LogP contribution < -0.4 is 9.80 Å². The van der Waals surface area contributed by atoms with E-state index in [9.17, 15) is 0 Å². The fraction of sp³-hybridized carbons (Fsp3) is 0.409. The van der Waals surface area contributed by atoms with Crippen molar-refractivity contribution in [1.29, 1.82) is 0 Å². The molecule has 0 fully saturated rings. The number of nitrogens with zero attached hydrogens (tertiary/aromatic N) is 4. The molecule has 0 saturated carbocycles. The van der Waals surface area contributed by atoms with E-state index in [1.807, 2.05) is 0 Å². The Morgan fingerprint density at radius 1 is 0.521 bits per heavy atom. The highest BCUT2D eigenvalue weighted by Crippen LogP contribution is 2.47. The van der Waals surface area contributed by atoms with Crippen LogP contribution in [0.1, 0.15) is 91.5 Å². The molecule has 48 heavy (non-hydrogen) atoms. The third kappa shape index (κ3) is 6.46. The summed E-state index contributed by atoms with van der Waals surface area (Å²) in [5.41, 5.74) is 7.97. The number of hydrogen-bond donors (Lipinski definition) is 0. The van der Waals surface area contributed by atoms with Gasteiger partial charge in [-0.3, -0.25) is 0 Å². The summed E-state index contributed by atoms with van der Waals surface area (Å²) in [4.78, 5) is 14.9. The van der Waals surface area contributed by atoms with Crippen LogP contribution in [0.3, 0.4) is 0 Å². The quantitative estimate of drug-likeness (QED) is 0.155. The monoisotopic (exact) mass is 638 g/mol. The second kappa shape index (κ2) is 12.4. The maximum absolute atomic E-state index is 5.04. The Kier molecular flexibility index (Phi) is 8.68. The number of pyridine rings is 2. The molecule has 4 aromatic carbocycles. The molecule has 0 spiro atoms. The molecule has 6 aromatic rings. The first kappa shape index (κ1) is 33.7. The average Bonchev–Trinajstić information content (AvgIpc) is 2.98. The lowest BCUT2D eigenvalue weighted by molar-refractivity contribution is 0.410. The van der Waals surface area contributed by atoms with Crippen molar-refractivity contribution in [2.24, 2.45) is 10.8 Å². The average molecular weight is 639 g/mol. The highest BCUT2D eigenvalue weighted by molar-refractivity contribution is 6.28. The summed E-state index contributed by atoms with van der Waals surface area (Å²) in [6, 6.07) is 23.4. The van der Waals surface area contributed by atoms with E-state index in [-0.39, 0.29) is 22.9 Å². The SMILES string of the molecule is Cc1cc(N(c2ccc(CC(C)(C)C)cn2)C(C)C)c2ccc3c(C)cc(N(c4ccc(CC(C)(C)C)cn4)C(C)C)c4ccc1c2c34. The molecular formula is C44H54N4. The minimum absolute atomic E-state index is 0.220. The van der Waals surface area contributed by atoms with Gasteiger partial charge >= 0.3 is 0 Å². The molecule has 0 aliphatic rings. The zero-order valence-electron chi connectivity index (χ0n) is 31.3. The second-order valence-corrected chi connectivity index (χ2v) is 16.9. The van der Waals surface area contributed by atoms with Gasteiger partial charge in [0.2, 0.25) is 0 Å². The molecular weight excluding hydrogens is 585 g/mol. The minimum atomic E-state index is 0.220. The molecule has 6 rings (SSSR count). The standard InChI is InChI=1S/C44H54N4/c1-27(2)47(39-19-13-31(25-45-39)23-43(7,8)9)37-21-29(5)33-16-18-36-38(22-30(6)34-15-17-35(37)41(33)42(34)36)48(28(3)4)40-20-14-32(26-46-40)24-44(10,11)12/h13-22,25-28H,23-24H2,1-12H3. The van der Waals surface area contributed by atoms with Crippen LogP contribution in [0.5, 0.6) is 0 Å². The van der Waals surface area contributed by atoms with Crippen molar-refractivity contribution in [1.82, 2.24) is 9.97 Å². The van der Waals surface area contributed by atoms with Crippen LogP contribution in [0.15, 0.2) is 73.1 Å². The number of aryl methyl sites for hydroxylation is 2. The predicted molar refractivity (Wildman–Crippen MR) is 209 cm³/mol. The molecule has 0 aliphatic carbocycles. The Labute approximate surface area is 288 Å². The van der Waals surface area contributed by atoms with Crippen molar-refractivity contribution in [2.45, 2.75) is 108 Å². The van der Waals surface area contributed by atoms with E-state index < -0.39 is 0 Å². The van der Waals surface area contributed by atoms with Crippen molar-refractivity contribution in [3.05, 3.63) is 95.3 Å². The molecule has 4 heteroatoms. The number of anilines is 4. The van der Waals surface area contributed by atoms with Crippen LogP contribution in [-0.2, 0) is 12.8 Å². The second-order valence-electron chi connectivity index (χ2n) is 16.9. The maximum atomic E-state index is 5.04. The van der Waals surface area contributed by atoms with E-state index in [1.54, 1.807) is 0 Å². The molecule has 0 saturated heterocycles. The topological polar surface area (TPSA) is 32.3 Å². The third-order valence-corrected chi connectivity index (χ3v) is 9.40. The molecule has 2 aromatic heterocycles. The van der Waals surface area contributed by atoms with Gasteiger partial charge in [0, 0.05) is 35.2 Å². The lowest BCUT2D eigenvalue weighted by Gasteiger charge is -2.32. The largest absolute Gasteiger partial charge is 0.323 e. The van der Waals surface area contributed by atoms with E-state index in [0.29, 0.717) is 0 Å². The number of rotatable bonds is 8. The van der Waals surface area contributed by atoms with Gasteiger partial charge in [0.25, 0.3) is 0 Å². The van der Waals surface area contributed by atoms with Crippen molar-refractivity contribution in [3.8, 4) is 0 Å². The lowest BCUT2D eigenvalue weighted by atomic mass is 9.88. The first-order valence-corrected chi connectivity index (χ1v) is 17.7. The fourth-order valence-corrected chi connectivity index (χ4v) is 7.58. The molecule has 0 unspecified atom stereocenters. The molecule has 250 valence electrons. The van der Waals surface area contributed by atoms with Gasteiger partial charge in [0.05, 0.1) is 11.4 Å². The number of hydrogen-bond acceptors (Lipinski definition) is 4. The zero-order chi connectivity index (χ0) is 34.7. The summed E-state index contributed by atoms with van der Waals surface area (Å²) in [6.07, 6.45) is 6.15. The van der Waals surface area contributed by atoms with E-state index >= 15 is 0 Å². The fourth-order valence-electron chi connectivity index (χ4n) is 7.58. The van der Waals surface area contributed by atoms with Crippen LogP contribution in [0.2, 0.25) is 0 Å². The Morgan fingerprint density at radius 2 is 0.875 bits per heavy atom. The summed E-state index contributed by atoms with van der Waals surface area (Å²) in [7, 11) is 0. The van der Waals surface area contributed by atoms with Crippen molar-refractivity contribution in [3.63, 3.8) is 0 Å². The molecule has 0 bridgehead atoms. The molecule has 2 heterocycles. The van der Waals surface area contributed by atoms with Crippen LogP contribution in [0.25, 0.3) is 32.3 Å². The van der Waals surface area contributed by atoms with Crippen LogP contribution in [-0.4, -0.2) is 22.1 Å². The Balaban J connectivity index is 1.55. The van der Waals surface area contributed by atoms with Gasteiger partial charge < -0.3 is 9.80 Å². The van der Waals surface area contributed by atoms with Gasteiger partial charge in [0.15, 0.2) is 0 Å². The Hall–Kier alpha value is -4.18. The highest BCUT2D eigenvalue weighted by atomic mass is 15.2. The van der Waals surface area contributed by atoms with E-state index in [4.69, 9.17) is 9.97 Å². The number of benzene rings is 4. The molecule has 0 atom stereocenters. The lowest BCUT2D eigenvalue weighted by Crippen LogP contribution is -2.27. The first-order chi connectivity index (χ1) is 22.5. The van der Waals surface area contributed by atoms with Crippen LogP contribution in [0, 0.1) is 24.7 Å². The Morgan fingerprint density at radius 3 is 1.17 bits per heavy atom. The first-order valence-electron chi connectivity index (χ1n) is 17.7. The smallest absolute Gasteiger partial charge is 0.133 e. The molecule has 0 radical (unpaired) electrons. The minimum Gasteiger partial charge on any atom is -0.323 e. The van der Waals surface area contributed by atoms with Gasteiger partial charge in [-0.2, -0.15) is 0 Å². The van der Waals surface area contributed by atoms with Gasteiger partial charge in [0.1, 0.15) is 11.6 Å². The highest BCUT2D eigenvalue weighted by Gasteiger charge is 2.25. The summed E-state index contributed by atoms with van der Waals surface area (Å²) in [5, 5.41) is 7.80. The molecule has 0 amide bonds. The molecule has 0 aliphatic heterocycles. The van der Waals surface area contributed by atoms with Crippen molar-refractivity contribution in [2.75, 3.05) is 9.80 Å². The van der Waals surface area contributed by atoms with E-state index in [2.05, 4.69) is 166 Å². The van der Waals surface area contributed by atoms with E-state index in [0.717, 1.165) is 24.5 Å². The summed E-state index contributed by atoms with van der Waals surface area (Å²) >= 11 is 0.